The lowest BCUT2D eigenvalue weighted by atomic mass is 9.95. The third kappa shape index (κ3) is 3.79. The number of carbonyl (C=O) groups is 3. The first-order chi connectivity index (χ1) is 12.0. The lowest BCUT2D eigenvalue weighted by Crippen LogP contribution is -2.54. The summed E-state index contributed by atoms with van der Waals surface area (Å²) in [6, 6.07) is -0.0855. The first-order valence-electron chi connectivity index (χ1n) is 8.95. The van der Waals surface area contributed by atoms with Crippen molar-refractivity contribution in [2.45, 2.75) is 31.9 Å². The average molecular weight is 353 g/mol. The summed E-state index contributed by atoms with van der Waals surface area (Å²) < 4.78 is 10.8. The topological polar surface area (TPSA) is 79.4 Å². The van der Waals surface area contributed by atoms with Crippen molar-refractivity contribution in [3.63, 3.8) is 0 Å². The van der Waals surface area contributed by atoms with E-state index in [9.17, 15) is 14.4 Å². The molecule has 0 aromatic heterocycles. The summed E-state index contributed by atoms with van der Waals surface area (Å²) >= 11 is 0. The fourth-order valence-corrected chi connectivity index (χ4v) is 4.03. The molecule has 3 amide bonds. The maximum Gasteiger partial charge on any atom is 0.249 e. The van der Waals surface area contributed by atoms with Crippen LogP contribution in [0.5, 0.6) is 0 Å². The number of morpholine rings is 1. The Morgan fingerprint density at radius 3 is 2.56 bits per heavy atom. The first kappa shape index (κ1) is 18.1. The minimum Gasteiger partial charge on any atom is -0.383 e. The van der Waals surface area contributed by atoms with Gasteiger partial charge in [-0.1, -0.05) is 0 Å². The quantitative estimate of drug-likeness (QED) is 0.670. The molecule has 3 aliphatic rings. The number of amides is 3. The minimum absolute atomic E-state index is 0.0395. The van der Waals surface area contributed by atoms with Gasteiger partial charge in [-0.3, -0.25) is 14.4 Å². The van der Waals surface area contributed by atoms with E-state index in [4.69, 9.17) is 9.47 Å². The molecule has 0 radical (unpaired) electrons. The van der Waals surface area contributed by atoms with Gasteiger partial charge in [0.05, 0.1) is 18.8 Å². The summed E-state index contributed by atoms with van der Waals surface area (Å²) in [4.78, 5) is 41.8. The molecule has 0 saturated carbocycles. The highest BCUT2D eigenvalue weighted by Gasteiger charge is 2.45. The van der Waals surface area contributed by atoms with E-state index in [0.29, 0.717) is 52.2 Å². The molecule has 8 heteroatoms. The zero-order chi connectivity index (χ0) is 18.0. The van der Waals surface area contributed by atoms with Gasteiger partial charge in [0, 0.05) is 52.7 Å². The third-order valence-electron chi connectivity index (χ3n) is 5.52. The van der Waals surface area contributed by atoms with Gasteiger partial charge in [-0.15, -0.1) is 0 Å². The van der Waals surface area contributed by atoms with Crippen LogP contribution in [-0.4, -0.2) is 97.6 Å². The Labute approximate surface area is 148 Å². The van der Waals surface area contributed by atoms with E-state index in [1.54, 1.807) is 23.8 Å². The Balaban J connectivity index is 1.59. The van der Waals surface area contributed by atoms with Crippen LogP contribution in [0.4, 0.5) is 0 Å². The van der Waals surface area contributed by atoms with E-state index in [2.05, 4.69) is 0 Å². The number of methoxy groups -OCH3 is 1. The van der Waals surface area contributed by atoms with Crippen molar-refractivity contribution in [3.05, 3.63) is 0 Å². The highest BCUT2D eigenvalue weighted by molar-refractivity contribution is 5.81. The maximum atomic E-state index is 12.9. The molecule has 3 aliphatic heterocycles. The fourth-order valence-electron chi connectivity index (χ4n) is 4.03. The van der Waals surface area contributed by atoms with Crippen LogP contribution in [0.25, 0.3) is 0 Å². The second kappa shape index (κ2) is 7.70. The summed E-state index contributed by atoms with van der Waals surface area (Å²) in [6.45, 7) is 4.98. The molecule has 3 saturated heterocycles. The van der Waals surface area contributed by atoms with Crippen molar-refractivity contribution >= 4 is 17.7 Å². The molecule has 25 heavy (non-hydrogen) atoms. The van der Waals surface area contributed by atoms with Crippen LogP contribution in [0, 0.1) is 5.92 Å². The summed E-state index contributed by atoms with van der Waals surface area (Å²) in [7, 11) is 1.61. The molecule has 0 bridgehead atoms. The number of nitrogens with zero attached hydrogens (tertiary/aromatic N) is 3. The van der Waals surface area contributed by atoms with E-state index in [-0.39, 0.29) is 42.4 Å². The summed E-state index contributed by atoms with van der Waals surface area (Å²) in [5.41, 5.74) is 0. The number of hydrogen-bond acceptors (Lipinski definition) is 5. The van der Waals surface area contributed by atoms with Crippen molar-refractivity contribution in [2.24, 2.45) is 5.92 Å². The van der Waals surface area contributed by atoms with Crippen LogP contribution in [0.3, 0.4) is 0 Å². The molecule has 3 rings (SSSR count). The van der Waals surface area contributed by atoms with Crippen LogP contribution >= 0.6 is 0 Å². The van der Waals surface area contributed by atoms with Crippen molar-refractivity contribution in [1.29, 1.82) is 0 Å². The number of rotatable bonds is 4. The molecule has 0 aliphatic carbocycles. The van der Waals surface area contributed by atoms with Crippen LogP contribution in [0.2, 0.25) is 0 Å². The van der Waals surface area contributed by atoms with Gasteiger partial charge >= 0.3 is 0 Å². The smallest absolute Gasteiger partial charge is 0.249 e. The number of hydrogen-bond donors (Lipinski definition) is 0. The van der Waals surface area contributed by atoms with Crippen molar-refractivity contribution in [2.75, 3.05) is 53.0 Å². The van der Waals surface area contributed by atoms with Gasteiger partial charge in [0.15, 0.2) is 0 Å². The molecule has 140 valence electrons. The predicted octanol–water partition coefficient (Wildman–Crippen LogP) is -0.670. The molecule has 0 unspecified atom stereocenters. The second-order valence-electron chi connectivity index (χ2n) is 7.02. The Hall–Kier alpha value is -1.67. The molecule has 0 spiro atoms. The van der Waals surface area contributed by atoms with Gasteiger partial charge in [0.2, 0.25) is 17.7 Å². The zero-order valence-electron chi connectivity index (χ0n) is 15.0. The van der Waals surface area contributed by atoms with Gasteiger partial charge < -0.3 is 24.2 Å². The van der Waals surface area contributed by atoms with E-state index in [1.807, 2.05) is 4.90 Å². The Morgan fingerprint density at radius 2 is 1.92 bits per heavy atom. The second-order valence-corrected chi connectivity index (χ2v) is 7.02. The maximum absolute atomic E-state index is 12.9. The van der Waals surface area contributed by atoms with E-state index >= 15 is 0 Å². The summed E-state index contributed by atoms with van der Waals surface area (Å²) in [6.07, 6.45) is 1.30. The Bertz CT molecular complexity index is 532. The highest BCUT2D eigenvalue weighted by Crippen LogP contribution is 2.27. The number of likely N-dealkylation sites (tertiary alicyclic amines) is 2. The molecule has 0 aromatic carbocycles. The van der Waals surface area contributed by atoms with Gasteiger partial charge in [0.1, 0.15) is 6.61 Å². The van der Waals surface area contributed by atoms with Gasteiger partial charge in [0.25, 0.3) is 0 Å². The molecule has 2 atom stereocenters. The summed E-state index contributed by atoms with van der Waals surface area (Å²) in [5, 5.41) is 0. The molecule has 0 N–H and O–H groups in total. The Morgan fingerprint density at radius 1 is 1.20 bits per heavy atom. The van der Waals surface area contributed by atoms with Crippen LogP contribution in [0.1, 0.15) is 19.8 Å². The molecule has 3 fully saturated rings. The van der Waals surface area contributed by atoms with E-state index < -0.39 is 0 Å². The lowest BCUT2D eigenvalue weighted by Gasteiger charge is -2.36. The molecule has 8 nitrogen and oxygen atoms in total. The van der Waals surface area contributed by atoms with Crippen molar-refractivity contribution in [1.82, 2.24) is 14.7 Å². The standard InChI is InChI=1S/C17H27N3O5/c1-12(21)18-5-3-13(4-6-18)17(23)19-9-14-15(10-19)25-11-16(22)20(14)7-8-24-2/h13-15H,3-11H2,1-2H3/t14-,15-/m0/s1. The summed E-state index contributed by atoms with van der Waals surface area (Å²) in [5.74, 6) is 0.111. The minimum atomic E-state index is -0.115. The van der Waals surface area contributed by atoms with E-state index in [0.717, 1.165) is 0 Å². The van der Waals surface area contributed by atoms with Gasteiger partial charge in [-0.2, -0.15) is 0 Å². The predicted molar refractivity (Wildman–Crippen MR) is 88.7 cm³/mol. The molecule has 0 aromatic rings. The van der Waals surface area contributed by atoms with Gasteiger partial charge in [-0.05, 0) is 12.8 Å². The SMILES string of the molecule is COCCN1C(=O)CO[C@H]2CN(C(=O)C3CCN(C(C)=O)CC3)C[C@@H]21. The Kier molecular flexibility index (Phi) is 5.58. The number of carbonyl (C=O) groups excluding carboxylic acids is 3. The number of ether oxygens (including phenoxy) is 2. The van der Waals surface area contributed by atoms with Crippen LogP contribution in [0.15, 0.2) is 0 Å². The van der Waals surface area contributed by atoms with Gasteiger partial charge in [-0.25, -0.2) is 0 Å². The molecule has 3 heterocycles. The van der Waals surface area contributed by atoms with E-state index in [1.165, 1.54) is 0 Å². The monoisotopic (exact) mass is 353 g/mol. The number of piperidine rings is 1. The van der Waals surface area contributed by atoms with Crippen LogP contribution < -0.4 is 0 Å². The fraction of sp³-hybridized carbons (Fsp3) is 0.824. The molecular formula is C17H27N3O5. The van der Waals surface area contributed by atoms with Crippen molar-refractivity contribution in [3.8, 4) is 0 Å². The largest absolute Gasteiger partial charge is 0.383 e. The van der Waals surface area contributed by atoms with Crippen molar-refractivity contribution < 1.29 is 23.9 Å². The lowest BCUT2D eigenvalue weighted by molar-refractivity contribution is -0.153. The third-order valence-corrected chi connectivity index (χ3v) is 5.52. The number of fused-ring (bicyclic) bond motifs is 1. The van der Waals surface area contributed by atoms with Crippen LogP contribution in [-0.2, 0) is 23.9 Å². The zero-order valence-corrected chi connectivity index (χ0v) is 15.0. The normalized spacial score (nSPS) is 27.6. The highest BCUT2D eigenvalue weighted by atomic mass is 16.5. The molecular weight excluding hydrogens is 326 g/mol. The first-order valence-corrected chi connectivity index (χ1v) is 8.95. The average Bonchev–Trinajstić information content (AvgIpc) is 3.04.